The summed E-state index contributed by atoms with van der Waals surface area (Å²) in [5, 5.41) is 4.74. The molecule has 2 aromatic rings. The summed E-state index contributed by atoms with van der Waals surface area (Å²) in [6, 6.07) is 7.83. The topological polar surface area (TPSA) is 17.8 Å². The highest BCUT2D eigenvalue weighted by Crippen LogP contribution is 2.17. The van der Waals surface area contributed by atoms with Gasteiger partial charge in [-0.15, -0.1) is 11.6 Å². The van der Waals surface area contributed by atoms with E-state index in [1.807, 2.05) is 24.3 Å². The molecule has 0 radical (unpaired) electrons. The molecule has 0 amide bonds. The Kier molecular flexibility index (Phi) is 2.75. The maximum absolute atomic E-state index is 5.81. The van der Waals surface area contributed by atoms with Gasteiger partial charge in [-0.3, -0.25) is 0 Å². The normalized spacial score (nSPS) is 10.4. The van der Waals surface area contributed by atoms with E-state index < -0.39 is 0 Å². The van der Waals surface area contributed by atoms with E-state index in [4.69, 9.17) is 23.2 Å². The number of halogens is 2. The molecule has 0 bridgehead atoms. The lowest BCUT2D eigenvalue weighted by molar-refractivity contribution is 0.871. The Labute approximate surface area is 92.1 Å². The molecule has 4 heteroatoms. The smallest absolute Gasteiger partial charge is 0.0790 e. The molecule has 0 N–H and O–H groups in total. The summed E-state index contributed by atoms with van der Waals surface area (Å²) in [4.78, 5) is 0. The van der Waals surface area contributed by atoms with E-state index in [2.05, 4.69) is 5.10 Å². The molecule has 1 aromatic heterocycles. The molecule has 0 aliphatic rings. The van der Waals surface area contributed by atoms with Gasteiger partial charge in [0.15, 0.2) is 0 Å². The second-order valence-electron chi connectivity index (χ2n) is 2.87. The van der Waals surface area contributed by atoms with E-state index >= 15 is 0 Å². The van der Waals surface area contributed by atoms with Crippen LogP contribution in [0.4, 0.5) is 0 Å². The van der Waals surface area contributed by atoms with Crippen molar-refractivity contribution in [2.24, 2.45) is 0 Å². The number of aromatic nitrogens is 2. The summed E-state index contributed by atoms with van der Waals surface area (Å²) in [5.41, 5.74) is 2.00. The minimum absolute atomic E-state index is 0.466. The average molecular weight is 227 g/mol. The van der Waals surface area contributed by atoms with Crippen molar-refractivity contribution in [3.63, 3.8) is 0 Å². The minimum Gasteiger partial charge on any atom is -0.239 e. The number of benzene rings is 1. The fourth-order valence-electron chi connectivity index (χ4n) is 1.28. The van der Waals surface area contributed by atoms with Crippen molar-refractivity contribution in [2.45, 2.75) is 5.88 Å². The lowest BCUT2D eigenvalue weighted by Gasteiger charge is -2.05. The molecule has 14 heavy (non-hydrogen) atoms. The fraction of sp³-hybridized carbons (Fsp3) is 0.100. The van der Waals surface area contributed by atoms with Crippen LogP contribution < -0.4 is 0 Å². The molecular weight excluding hydrogens is 219 g/mol. The number of alkyl halides is 1. The van der Waals surface area contributed by atoms with Gasteiger partial charge in [0.1, 0.15) is 0 Å². The monoisotopic (exact) mass is 226 g/mol. The van der Waals surface area contributed by atoms with Crippen molar-refractivity contribution < 1.29 is 0 Å². The van der Waals surface area contributed by atoms with Crippen molar-refractivity contribution in [3.8, 4) is 5.69 Å². The summed E-state index contributed by atoms with van der Waals surface area (Å²) < 4.78 is 1.72. The predicted octanol–water partition coefficient (Wildman–Crippen LogP) is 3.26. The van der Waals surface area contributed by atoms with Crippen LogP contribution in [0.2, 0.25) is 5.02 Å². The molecule has 2 nitrogen and oxygen atoms in total. The largest absolute Gasteiger partial charge is 0.239 e. The van der Waals surface area contributed by atoms with Crippen LogP contribution in [0.15, 0.2) is 36.7 Å². The standard InChI is InChI=1S/C10H8Cl2N2/c11-5-8-3-1-2-4-10(8)14-7-9(12)6-13-14/h1-4,6-7H,5H2. The third kappa shape index (κ3) is 1.76. The molecular formula is C10H8Cl2N2. The third-order valence-corrected chi connectivity index (χ3v) is 2.42. The number of hydrogen-bond acceptors (Lipinski definition) is 1. The molecule has 1 aromatic carbocycles. The van der Waals surface area contributed by atoms with E-state index in [0.29, 0.717) is 10.9 Å². The van der Waals surface area contributed by atoms with Crippen LogP contribution in [0.3, 0.4) is 0 Å². The molecule has 0 atom stereocenters. The Morgan fingerprint density at radius 3 is 2.71 bits per heavy atom. The average Bonchev–Trinajstić information content (AvgIpc) is 2.65. The summed E-state index contributed by atoms with van der Waals surface area (Å²) in [5.74, 6) is 0.466. The summed E-state index contributed by atoms with van der Waals surface area (Å²) in [7, 11) is 0. The zero-order valence-electron chi connectivity index (χ0n) is 7.32. The summed E-state index contributed by atoms with van der Waals surface area (Å²) >= 11 is 11.6. The van der Waals surface area contributed by atoms with E-state index in [9.17, 15) is 0 Å². The number of rotatable bonds is 2. The van der Waals surface area contributed by atoms with Crippen LogP contribution in [0.1, 0.15) is 5.56 Å². The third-order valence-electron chi connectivity index (χ3n) is 1.93. The quantitative estimate of drug-likeness (QED) is 0.720. The highest BCUT2D eigenvalue weighted by Gasteiger charge is 2.03. The van der Waals surface area contributed by atoms with Gasteiger partial charge in [0.05, 0.1) is 16.9 Å². The van der Waals surface area contributed by atoms with Gasteiger partial charge in [-0.05, 0) is 11.6 Å². The zero-order chi connectivity index (χ0) is 9.97. The van der Waals surface area contributed by atoms with Gasteiger partial charge in [0, 0.05) is 12.1 Å². The Morgan fingerprint density at radius 1 is 1.29 bits per heavy atom. The second-order valence-corrected chi connectivity index (χ2v) is 3.57. The first kappa shape index (κ1) is 9.56. The van der Waals surface area contributed by atoms with Crippen LogP contribution in [0.25, 0.3) is 5.69 Å². The Bertz CT molecular complexity index is 437. The number of nitrogens with zero attached hydrogens (tertiary/aromatic N) is 2. The maximum Gasteiger partial charge on any atom is 0.0790 e. The maximum atomic E-state index is 5.81. The number of hydrogen-bond donors (Lipinski definition) is 0. The lowest BCUT2D eigenvalue weighted by atomic mass is 10.2. The molecule has 0 saturated heterocycles. The first-order valence-corrected chi connectivity index (χ1v) is 5.07. The molecule has 0 fully saturated rings. The van der Waals surface area contributed by atoms with E-state index in [-0.39, 0.29) is 0 Å². The van der Waals surface area contributed by atoms with Gasteiger partial charge in [0.25, 0.3) is 0 Å². The van der Waals surface area contributed by atoms with E-state index in [1.54, 1.807) is 17.1 Å². The van der Waals surface area contributed by atoms with Gasteiger partial charge in [-0.1, -0.05) is 29.8 Å². The fourth-order valence-corrected chi connectivity index (χ4v) is 1.64. The van der Waals surface area contributed by atoms with E-state index in [0.717, 1.165) is 11.3 Å². The van der Waals surface area contributed by atoms with Gasteiger partial charge in [-0.2, -0.15) is 5.10 Å². The number of para-hydroxylation sites is 1. The van der Waals surface area contributed by atoms with Gasteiger partial charge in [-0.25, -0.2) is 4.68 Å². The Morgan fingerprint density at radius 2 is 2.07 bits per heavy atom. The molecule has 72 valence electrons. The van der Waals surface area contributed by atoms with Crippen molar-refractivity contribution in [1.29, 1.82) is 0 Å². The minimum atomic E-state index is 0.466. The first-order valence-electron chi connectivity index (χ1n) is 4.15. The predicted molar refractivity (Wildman–Crippen MR) is 58.1 cm³/mol. The van der Waals surface area contributed by atoms with Crippen molar-refractivity contribution in [2.75, 3.05) is 0 Å². The first-order chi connectivity index (χ1) is 6.81. The van der Waals surface area contributed by atoms with Crippen molar-refractivity contribution in [1.82, 2.24) is 9.78 Å². The SMILES string of the molecule is ClCc1ccccc1-n1cc(Cl)cn1. The molecule has 0 aliphatic heterocycles. The van der Waals surface area contributed by atoms with Crippen molar-refractivity contribution >= 4 is 23.2 Å². The molecule has 0 saturated carbocycles. The summed E-state index contributed by atoms with van der Waals surface area (Å²) in [6.45, 7) is 0. The molecule has 2 rings (SSSR count). The Balaban J connectivity index is 2.50. The van der Waals surface area contributed by atoms with Crippen LogP contribution in [0.5, 0.6) is 0 Å². The van der Waals surface area contributed by atoms with Crippen LogP contribution in [0, 0.1) is 0 Å². The zero-order valence-corrected chi connectivity index (χ0v) is 8.83. The van der Waals surface area contributed by atoms with Crippen LogP contribution in [-0.2, 0) is 5.88 Å². The lowest BCUT2D eigenvalue weighted by Crippen LogP contribution is -1.97. The highest BCUT2D eigenvalue weighted by atomic mass is 35.5. The molecule has 0 spiro atoms. The van der Waals surface area contributed by atoms with E-state index in [1.165, 1.54) is 0 Å². The van der Waals surface area contributed by atoms with Crippen molar-refractivity contribution in [3.05, 3.63) is 47.2 Å². The second kappa shape index (κ2) is 4.03. The molecule has 1 heterocycles. The van der Waals surface area contributed by atoms with Gasteiger partial charge in [0.2, 0.25) is 0 Å². The van der Waals surface area contributed by atoms with Gasteiger partial charge >= 0.3 is 0 Å². The van der Waals surface area contributed by atoms with Gasteiger partial charge < -0.3 is 0 Å². The summed E-state index contributed by atoms with van der Waals surface area (Å²) in [6.07, 6.45) is 3.36. The highest BCUT2D eigenvalue weighted by molar-refractivity contribution is 6.30. The van der Waals surface area contributed by atoms with Crippen LogP contribution >= 0.6 is 23.2 Å². The molecule has 0 aliphatic carbocycles. The van der Waals surface area contributed by atoms with Crippen LogP contribution in [-0.4, -0.2) is 9.78 Å². The molecule has 0 unspecified atom stereocenters. The Hall–Kier alpha value is -0.990.